The Hall–Kier alpha value is -0.860. The third kappa shape index (κ3) is 8.59. The lowest BCUT2D eigenvalue weighted by molar-refractivity contribution is -0.164. The number of carboxylic acid groups (broad SMARTS) is 1. The fourth-order valence-electron chi connectivity index (χ4n) is 8.60. The first-order valence-electron chi connectivity index (χ1n) is 16.4. The van der Waals surface area contributed by atoms with E-state index in [1.54, 1.807) is 0 Å². The molecule has 0 unspecified atom stereocenters. The minimum atomic E-state index is -1.12. The van der Waals surface area contributed by atoms with E-state index in [1.165, 1.54) is 135 Å². The van der Waals surface area contributed by atoms with Gasteiger partial charge in [-0.3, -0.25) is 4.79 Å². The molecule has 0 aromatic carbocycles. The molecule has 3 nitrogen and oxygen atoms in total. The monoisotopic (exact) mass is 502 g/mol. The van der Waals surface area contributed by atoms with E-state index >= 15 is 0 Å². The van der Waals surface area contributed by atoms with Crippen LogP contribution in [-0.2, 0) is 9.59 Å². The summed E-state index contributed by atoms with van der Waals surface area (Å²) in [5.74, 6) is -0.699. The first kappa shape index (κ1) is 29.7. The summed E-state index contributed by atoms with van der Waals surface area (Å²) in [6, 6.07) is 0. The van der Waals surface area contributed by atoms with Crippen LogP contribution in [0.1, 0.15) is 173 Å². The summed E-state index contributed by atoms with van der Waals surface area (Å²) in [7, 11) is 0. The quantitative estimate of drug-likeness (QED) is 0.380. The standard InChI is InChI=1S/C33H58O3/c34-31(32(35)36)33(28-22-16-10-4-1-5-11-17-23-28,29-24-18-12-6-2-7-13-19-25-29)30-26-20-14-8-3-9-15-21-27-30/h28-30H,1-27H2,(H,35,36). The maximum atomic E-state index is 14.3. The van der Waals surface area contributed by atoms with Crippen LogP contribution in [0.2, 0.25) is 0 Å². The molecule has 3 rings (SSSR count). The molecule has 0 heterocycles. The lowest BCUT2D eigenvalue weighted by Gasteiger charge is -2.51. The van der Waals surface area contributed by atoms with Gasteiger partial charge in [0, 0.05) is 5.41 Å². The zero-order valence-electron chi connectivity index (χ0n) is 23.6. The highest BCUT2D eigenvalue weighted by atomic mass is 16.4. The lowest BCUT2D eigenvalue weighted by Crippen LogP contribution is -2.53. The molecule has 208 valence electrons. The van der Waals surface area contributed by atoms with Crippen LogP contribution in [0.4, 0.5) is 0 Å². The first-order chi connectivity index (χ1) is 17.7. The summed E-state index contributed by atoms with van der Waals surface area (Å²) in [6.45, 7) is 0. The predicted molar refractivity (Wildman–Crippen MR) is 150 cm³/mol. The van der Waals surface area contributed by atoms with E-state index in [9.17, 15) is 14.7 Å². The molecule has 3 saturated carbocycles. The number of carboxylic acids is 1. The fourth-order valence-corrected chi connectivity index (χ4v) is 8.60. The number of carbonyl (C=O) groups excluding carboxylic acids is 1. The molecule has 0 radical (unpaired) electrons. The molecule has 0 spiro atoms. The molecule has 0 atom stereocenters. The van der Waals surface area contributed by atoms with Crippen molar-refractivity contribution in [3.63, 3.8) is 0 Å². The third-order valence-electron chi connectivity index (χ3n) is 10.4. The molecule has 0 saturated heterocycles. The van der Waals surface area contributed by atoms with Gasteiger partial charge >= 0.3 is 5.97 Å². The summed E-state index contributed by atoms with van der Waals surface area (Å²) >= 11 is 0. The van der Waals surface area contributed by atoms with Crippen LogP contribution in [-0.4, -0.2) is 16.9 Å². The highest BCUT2D eigenvalue weighted by molar-refractivity contribution is 6.35. The van der Waals surface area contributed by atoms with Gasteiger partial charge in [0.15, 0.2) is 0 Å². The van der Waals surface area contributed by atoms with Crippen LogP contribution in [0, 0.1) is 23.2 Å². The molecule has 3 aliphatic rings. The number of hydrogen-bond donors (Lipinski definition) is 1. The van der Waals surface area contributed by atoms with Crippen LogP contribution in [0.5, 0.6) is 0 Å². The zero-order valence-corrected chi connectivity index (χ0v) is 23.6. The smallest absolute Gasteiger partial charge is 0.372 e. The SMILES string of the molecule is O=C(O)C(=O)C(C1CCCCCCCCC1)(C1CCCCCCCCC1)C1CCCCCCCCC1. The van der Waals surface area contributed by atoms with Crippen LogP contribution in [0.3, 0.4) is 0 Å². The van der Waals surface area contributed by atoms with Crippen molar-refractivity contribution in [2.45, 2.75) is 173 Å². The van der Waals surface area contributed by atoms with Gasteiger partial charge in [0.2, 0.25) is 5.78 Å². The molecule has 1 N–H and O–H groups in total. The van der Waals surface area contributed by atoms with Gasteiger partial charge in [-0.1, -0.05) is 135 Å². The summed E-state index contributed by atoms with van der Waals surface area (Å²) in [5, 5.41) is 10.4. The van der Waals surface area contributed by atoms with E-state index in [4.69, 9.17) is 0 Å². The Balaban J connectivity index is 2.05. The van der Waals surface area contributed by atoms with Crippen molar-refractivity contribution in [1.82, 2.24) is 0 Å². The van der Waals surface area contributed by atoms with Crippen molar-refractivity contribution in [3.8, 4) is 0 Å². The number of rotatable bonds is 5. The van der Waals surface area contributed by atoms with Crippen molar-refractivity contribution < 1.29 is 14.7 Å². The fraction of sp³-hybridized carbons (Fsp3) is 0.939. The van der Waals surface area contributed by atoms with Crippen LogP contribution >= 0.6 is 0 Å². The average molecular weight is 503 g/mol. The Morgan fingerprint density at radius 1 is 0.389 bits per heavy atom. The molecule has 3 fully saturated rings. The number of ketones is 1. The van der Waals surface area contributed by atoms with Crippen LogP contribution < -0.4 is 0 Å². The van der Waals surface area contributed by atoms with E-state index in [0.29, 0.717) is 0 Å². The van der Waals surface area contributed by atoms with Gasteiger partial charge in [-0.2, -0.15) is 0 Å². The largest absolute Gasteiger partial charge is 0.475 e. The van der Waals surface area contributed by atoms with Gasteiger partial charge in [-0.05, 0) is 56.3 Å². The van der Waals surface area contributed by atoms with Crippen molar-refractivity contribution in [1.29, 1.82) is 0 Å². The van der Waals surface area contributed by atoms with Gasteiger partial charge in [0.1, 0.15) is 0 Å². The van der Waals surface area contributed by atoms with Gasteiger partial charge in [0.05, 0.1) is 0 Å². The summed E-state index contributed by atoms with van der Waals surface area (Å²) < 4.78 is 0. The number of Topliss-reactive ketones (excluding diaryl/α,β-unsaturated/α-hetero) is 1. The maximum Gasteiger partial charge on any atom is 0.372 e. The second-order valence-corrected chi connectivity index (χ2v) is 12.8. The van der Waals surface area contributed by atoms with Crippen LogP contribution in [0.25, 0.3) is 0 Å². The van der Waals surface area contributed by atoms with E-state index in [2.05, 4.69) is 0 Å². The van der Waals surface area contributed by atoms with Crippen molar-refractivity contribution in [2.75, 3.05) is 0 Å². The molecular weight excluding hydrogens is 444 g/mol. The van der Waals surface area contributed by atoms with Gasteiger partial charge in [-0.25, -0.2) is 4.79 Å². The number of aliphatic carboxylic acids is 1. The number of hydrogen-bond acceptors (Lipinski definition) is 2. The second-order valence-electron chi connectivity index (χ2n) is 12.8. The molecule has 3 aliphatic carbocycles. The highest BCUT2D eigenvalue weighted by Gasteiger charge is 2.56. The maximum absolute atomic E-state index is 14.3. The predicted octanol–water partition coefficient (Wildman–Crippen LogP) is 10.0. The average Bonchev–Trinajstić information content (AvgIpc) is 2.90. The van der Waals surface area contributed by atoms with Crippen molar-refractivity contribution >= 4 is 11.8 Å². The van der Waals surface area contributed by atoms with Crippen molar-refractivity contribution in [3.05, 3.63) is 0 Å². The third-order valence-corrected chi connectivity index (χ3v) is 10.4. The molecule has 0 amide bonds. The van der Waals surface area contributed by atoms with E-state index < -0.39 is 11.4 Å². The molecule has 0 aromatic rings. The van der Waals surface area contributed by atoms with Gasteiger partial charge < -0.3 is 5.11 Å². The second kappa shape index (κ2) is 16.9. The Bertz CT molecular complexity index is 532. The Morgan fingerprint density at radius 3 is 0.778 bits per heavy atom. The normalized spacial score (nSPS) is 25.0. The first-order valence-corrected chi connectivity index (χ1v) is 16.4. The van der Waals surface area contributed by atoms with Crippen molar-refractivity contribution in [2.24, 2.45) is 23.2 Å². The number of carbonyl (C=O) groups is 2. The van der Waals surface area contributed by atoms with Gasteiger partial charge in [0.25, 0.3) is 0 Å². The molecule has 3 heteroatoms. The Kier molecular flexibility index (Phi) is 13.9. The van der Waals surface area contributed by atoms with E-state index in [1.807, 2.05) is 0 Å². The van der Waals surface area contributed by atoms with E-state index in [0.717, 1.165) is 38.5 Å². The highest BCUT2D eigenvalue weighted by Crippen LogP contribution is 2.55. The molecule has 0 aliphatic heterocycles. The van der Waals surface area contributed by atoms with Gasteiger partial charge in [-0.15, -0.1) is 0 Å². The minimum Gasteiger partial charge on any atom is -0.475 e. The zero-order chi connectivity index (χ0) is 25.5. The van der Waals surface area contributed by atoms with E-state index in [-0.39, 0.29) is 23.5 Å². The topological polar surface area (TPSA) is 54.4 Å². The molecule has 0 bridgehead atoms. The minimum absolute atomic E-state index is 0.264. The lowest BCUT2D eigenvalue weighted by atomic mass is 9.51. The molecule has 36 heavy (non-hydrogen) atoms. The summed E-state index contributed by atoms with van der Waals surface area (Å²) in [6.07, 6.45) is 32.9. The molecular formula is C33H58O3. The summed E-state index contributed by atoms with van der Waals surface area (Å²) in [4.78, 5) is 27.1. The Morgan fingerprint density at radius 2 is 0.583 bits per heavy atom. The summed E-state index contributed by atoms with van der Waals surface area (Å²) in [5.41, 5.74) is -0.635. The Labute approximate surface area is 223 Å². The van der Waals surface area contributed by atoms with Crippen LogP contribution in [0.15, 0.2) is 0 Å². The molecule has 0 aromatic heterocycles.